The topological polar surface area (TPSA) is 74.6 Å². The van der Waals surface area contributed by atoms with Crippen molar-refractivity contribution in [2.24, 2.45) is 5.92 Å². The van der Waals surface area contributed by atoms with E-state index in [1.54, 1.807) is 0 Å². The lowest BCUT2D eigenvalue weighted by molar-refractivity contribution is 0.141. The van der Waals surface area contributed by atoms with Crippen molar-refractivity contribution in [3.05, 3.63) is 0 Å². The molecule has 0 amide bonds. The Morgan fingerprint density at radius 2 is 2.00 bits per heavy atom. The highest BCUT2D eigenvalue weighted by Crippen LogP contribution is 2.31. The molecule has 0 heterocycles. The van der Waals surface area contributed by atoms with Crippen LogP contribution in [0.15, 0.2) is 0 Å². The Morgan fingerprint density at radius 3 is 2.46 bits per heavy atom. The van der Waals surface area contributed by atoms with E-state index >= 15 is 0 Å². The van der Waals surface area contributed by atoms with Gasteiger partial charge in [0.2, 0.25) is 0 Å². The molecule has 0 radical (unpaired) electrons. The molecule has 0 aromatic heterocycles. The third-order valence-corrected chi connectivity index (χ3v) is 3.75. The molecule has 0 spiro atoms. The highest BCUT2D eigenvalue weighted by molar-refractivity contribution is 7.86. The first-order valence-corrected chi connectivity index (χ1v) is 6.13. The van der Waals surface area contributed by atoms with Crippen LogP contribution in [0, 0.1) is 5.92 Å². The van der Waals surface area contributed by atoms with Crippen molar-refractivity contribution < 1.29 is 18.1 Å². The first-order valence-electron chi connectivity index (χ1n) is 4.19. The molecule has 1 aliphatic rings. The van der Waals surface area contributed by atoms with E-state index < -0.39 is 21.5 Å². The van der Waals surface area contributed by atoms with Gasteiger partial charge in [-0.15, -0.1) is 11.6 Å². The number of aliphatic hydroxyl groups excluding tert-OH is 1. The van der Waals surface area contributed by atoms with Gasteiger partial charge < -0.3 is 5.11 Å². The average Bonchev–Trinajstić information content (AvgIpc) is 2.01. The lowest BCUT2D eigenvalue weighted by Gasteiger charge is -2.27. The van der Waals surface area contributed by atoms with E-state index in [9.17, 15) is 13.5 Å². The molecule has 1 fully saturated rings. The van der Waals surface area contributed by atoms with Gasteiger partial charge in [0.15, 0.2) is 5.44 Å². The molecule has 0 aromatic rings. The summed E-state index contributed by atoms with van der Waals surface area (Å²) in [7, 11) is -4.33. The highest BCUT2D eigenvalue weighted by Gasteiger charge is 2.33. The number of hydrogen-bond donors (Lipinski definition) is 2. The number of aliphatic hydroxyl groups is 1. The third kappa shape index (κ3) is 3.09. The Bertz CT molecular complexity index is 264. The van der Waals surface area contributed by atoms with Gasteiger partial charge in [0, 0.05) is 11.3 Å². The largest absolute Gasteiger partial charge is 0.375 e. The fraction of sp³-hybridized carbons (Fsp3) is 1.00. The summed E-state index contributed by atoms with van der Waals surface area (Å²) < 4.78 is 29.8. The summed E-state index contributed by atoms with van der Waals surface area (Å²) in [4.78, 5) is 0. The van der Waals surface area contributed by atoms with Crippen LogP contribution in [-0.2, 0) is 10.1 Å². The van der Waals surface area contributed by atoms with Gasteiger partial charge in [0.25, 0.3) is 10.1 Å². The van der Waals surface area contributed by atoms with E-state index in [0.29, 0.717) is 12.8 Å². The molecule has 78 valence electrons. The molecule has 2 N–H and O–H groups in total. The molecule has 1 rings (SSSR count). The van der Waals surface area contributed by atoms with Gasteiger partial charge in [-0.1, -0.05) is 6.42 Å². The number of rotatable bonds is 2. The van der Waals surface area contributed by atoms with Crippen LogP contribution in [-0.4, -0.2) is 28.9 Å². The molecular formula is C7H13ClO4S. The van der Waals surface area contributed by atoms with E-state index in [1.165, 1.54) is 0 Å². The minimum Gasteiger partial charge on any atom is -0.375 e. The van der Waals surface area contributed by atoms with Crippen LogP contribution in [0.2, 0.25) is 0 Å². The molecule has 1 aliphatic carbocycles. The van der Waals surface area contributed by atoms with Crippen molar-refractivity contribution in [1.29, 1.82) is 0 Å². The molecule has 0 aliphatic heterocycles. The van der Waals surface area contributed by atoms with E-state index in [-0.39, 0.29) is 5.38 Å². The maximum Gasteiger partial charge on any atom is 0.292 e. The van der Waals surface area contributed by atoms with E-state index in [2.05, 4.69) is 0 Å². The second-order valence-corrected chi connectivity index (χ2v) is 5.56. The maximum absolute atomic E-state index is 10.6. The minimum absolute atomic E-state index is 0.0878. The van der Waals surface area contributed by atoms with E-state index in [0.717, 1.165) is 12.8 Å². The lowest BCUT2D eigenvalue weighted by atomic mass is 9.89. The molecule has 0 bridgehead atoms. The molecule has 13 heavy (non-hydrogen) atoms. The van der Waals surface area contributed by atoms with Gasteiger partial charge in [0.1, 0.15) is 0 Å². The predicted molar refractivity (Wildman–Crippen MR) is 49.2 cm³/mol. The van der Waals surface area contributed by atoms with Gasteiger partial charge in [-0.25, -0.2) is 0 Å². The van der Waals surface area contributed by atoms with Gasteiger partial charge in [-0.05, 0) is 19.3 Å². The molecular weight excluding hydrogens is 216 g/mol. The molecule has 3 atom stereocenters. The summed E-state index contributed by atoms with van der Waals surface area (Å²) in [6, 6.07) is 0. The monoisotopic (exact) mass is 228 g/mol. The maximum atomic E-state index is 10.6. The molecule has 6 heteroatoms. The van der Waals surface area contributed by atoms with Crippen molar-refractivity contribution in [1.82, 2.24) is 0 Å². The van der Waals surface area contributed by atoms with Crippen LogP contribution in [0.5, 0.6) is 0 Å². The zero-order chi connectivity index (χ0) is 10.1. The fourth-order valence-electron chi connectivity index (χ4n) is 1.67. The van der Waals surface area contributed by atoms with Crippen LogP contribution in [0.25, 0.3) is 0 Å². The van der Waals surface area contributed by atoms with Gasteiger partial charge in [0.05, 0.1) is 0 Å². The van der Waals surface area contributed by atoms with Crippen molar-refractivity contribution in [2.75, 3.05) is 0 Å². The average molecular weight is 229 g/mol. The molecule has 3 unspecified atom stereocenters. The van der Waals surface area contributed by atoms with Gasteiger partial charge >= 0.3 is 0 Å². The second-order valence-electron chi connectivity index (χ2n) is 3.43. The Kier molecular flexibility index (Phi) is 3.57. The third-order valence-electron chi connectivity index (χ3n) is 2.36. The quantitative estimate of drug-likeness (QED) is 0.546. The summed E-state index contributed by atoms with van der Waals surface area (Å²) >= 11 is 5.82. The predicted octanol–water partition coefficient (Wildman–Crippen LogP) is 0.990. The van der Waals surface area contributed by atoms with Crippen LogP contribution < -0.4 is 0 Å². The second kappa shape index (κ2) is 4.13. The number of halogens is 1. The number of hydrogen-bond acceptors (Lipinski definition) is 3. The fourth-order valence-corrected chi connectivity index (χ4v) is 2.78. The first kappa shape index (κ1) is 11.2. The Morgan fingerprint density at radius 1 is 1.38 bits per heavy atom. The summed E-state index contributed by atoms with van der Waals surface area (Å²) in [5, 5.41) is 9.14. The molecule has 4 nitrogen and oxygen atoms in total. The minimum atomic E-state index is -4.33. The Balaban J connectivity index is 2.61. The standard InChI is InChI=1S/C7H13ClO4S/c8-6-3-1-2-5(4-6)7(9)13(10,11)12/h5-7,9H,1-4H2,(H,10,11,12). The number of alkyl halides is 1. The lowest BCUT2D eigenvalue weighted by Crippen LogP contribution is -2.33. The summed E-state index contributed by atoms with van der Waals surface area (Å²) in [6.07, 6.45) is 2.69. The van der Waals surface area contributed by atoms with E-state index in [1.807, 2.05) is 0 Å². The molecule has 1 saturated carbocycles. The zero-order valence-corrected chi connectivity index (χ0v) is 8.63. The van der Waals surface area contributed by atoms with Crippen molar-refractivity contribution in [3.8, 4) is 0 Å². The smallest absolute Gasteiger partial charge is 0.292 e. The van der Waals surface area contributed by atoms with Crippen LogP contribution >= 0.6 is 11.6 Å². The van der Waals surface area contributed by atoms with Gasteiger partial charge in [-0.3, -0.25) is 4.55 Å². The van der Waals surface area contributed by atoms with Crippen LogP contribution in [0.4, 0.5) is 0 Å². The van der Waals surface area contributed by atoms with Gasteiger partial charge in [-0.2, -0.15) is 8.42 Å². The van der Waals surface area contributed by atoms with Crippen LogP contribution in [0.1, 0.15) is 25.7 Å². The zero-order valence-electron chi connectivity index (χ0n) is 7.06. The summed E-state index contributed by atoms with van der Waals surface area (Å²) in [5.41, 5.74) is -1.67. The molecule has 0 saturated heterocycles. The summed E-state index contributed by atoms with van der Waals surface area (Å²) in [5.74, 6) is -0.425. The van der Waals surface area contributed by atoms with Crippen molar-refractivity contribution in [3.63, 3.8) is 0 Å². The molecule has 0 aromatic carbocycles. The highest BCUT2D eigenvalue weighted by atomic mass is 35.5. The normalized spacial score (nSPS) is 32.8. The van der Waals surface area contributed by atoms with Crippen molar-refractivity contribution >= 4 is 21.7 Å². The first-order chi connectivity index (χ1) is 5.91. The van der Waals surface area contributed by atoms with Crippen LogP contribution in [0.3, 0.4) is 0 Å². The van der Waals surface area contributed by atoms with Crippen molar-refractivity contribution in [2.45, 2.75) is 36.5 Å². The SMILES string of the molecule is O=S(=O)(O)C(O)C1CCCC(Cl)C1. The van der Waals surface area contributed by atoms with E-state index in [4.69, 9.17) is 16.2 Å². The Labute approximate surface area is 82.6 Å². The summed E-state index contributed by atoms with van der Waals surface area (Å²) in [6.45, 7) is 0. The Hall–Kier alpha value is 0.160.